The highest BCUT2D eigenvalue weighted by atomic mass is 16.5. The molecule has 4 heteroatoms. The van der Waals surface area contributed by atoms with E-state index in [4.69, 9.17) is 4.74 Å². The molecule has 0 aliphatic heterocycles. The zero-order valence-corrected chi connectivity index (χ0v) is 11.3. The van der Waals surface area contributed by atoms with Crippen LogP contribution >= 0.6 is 0 Å². The van der Waals surface area contributed by atoms with Crippen molar-refractivity contribution in [1.29, 1.82) is 0 Å². The first-order valence-corrected chi connectivity index (χ1v) is 6.55. The molecule has 1 N–H and O–H groups in total. The summed E-state index contributed by atoms with van der Waals surface area (Å²) in [6, 6.07) is 0. The Kier molecular flexibility index (Phi) is 5.62. The molecule has 100 valence electrons. The smallest absolute Gasteiger partial charge is 0.340 e. The van der Waals surface area contributed by atoms with Crippen LogP contribution in [0.1, 0.15) is 65.7 Å². The molecule has 0 fully saturated rings. The molecule has 18 heavy (non-hydrogen) atoms. The lowest BCUT2D eigenvalue weighted by Gasteiger charge is -2.06. The third kappa shape index (κ3) is 3.00. The Morgan fingerprint density at radius 2 is 2.06 bits per heavy atom. The fourth-order valence-corrected chi connectivity index (χ4v) is 2.05. The summed E-state index contributed by atoms with van der Waals surface area (Å²) in [7, 11) is 0. The molecule has 0 aromatic carbocycles. The number of nitrogens with one attached hydrogen (secondary N) is 1. The number of rotatable bonds is 7. The van der Waals surface area contributed by atoms with Crippen molar-refractivity contribution in [3.63, 3.8) is 0 Å². The van der Waals surface area contributed by atoms with Crippen molar-refractivity contribution in [2.75, 3.05) is 6.61 Å². The second-order valence-corrected chi connectivity index (χ2v) is 4.17. The second-order valence-electron chi connectivity index (χ2n) is 4.17. The summed E-state index contributed by atoms with van der Waals surface area (Å²) in [5.41, 5.74) is 2.68. The van der Waals surface area contributed by atoms with E-state index in [0.717, 1.165) is 36.8 Å². The number of ether oxygens (including phenoxy) is 1. The summed E-state index contributed by atoms with van der Waals surface area (Å²) in [6.07, 6.45) is 4.17. The molecule has 0 saturated carbocycles. The Morgan fingerprint density at radius 3 is 2.56 bits per heavy atom. The first kappa shape index (κ1) is 14.5. The van der Waals surface area contributed by atoms with Gasteiger partial charge in [-0.25, -0.2) is 4.79 Å². The van der Waals surface area contributed by atoms with Gasteiger partial charge in [0.15, 0.2) is 6.29 Å². The number of unbranched alkanes of at least 4 members (excludes halogenated alkanes) is 1. The first-order chi connectivity index (χ1) is 8.69. The molecule has 4 nitrogen and oxygen atoms in total. The zero-order chi connectivity index (χ0) is 13.5. The molecule has 0 aliphatic rings. The predicted molar refractivity (Wildman–Crippen MR) is 70.1 cm³/mol. The van der Waals surface area contributed by atoms with Crippen LogP contribution in [0.15, 0.2) is 0 Å². The molecule has 1 aromatic heterocycles. The second kappa shape index (κ2) is 6.99. The molecular formula is C14H21NO3. The SMILES string of the molecule is CCCCc1c(C=O)[nH]c(CC)c1C(=O)OCC. The standard InChI is InChI=1S/C14H21NO3/c1-4-7-8-10-12(9-16)15-11(5-2)13(10)14(17)18-6-3/h9,15H,4-8H2,1-3H3. The van der Waals surface area contributed by atoms with Crippen molar-refractivity contribution >= 4 is 12.3 Å². The van der Waals surface area contributed by atoms with Crippen LogP contribution in [-0.2, 0) is 17.6 Å². The molecule has 1 heterocycles. The quantitative estimate of drug-likeness (QED) is 0.598. The average Bonchev–Trinajstić information content (AvgIpc) is 2.74. The number of carbonyl (C=O) groups excluding carboxylic acids is 2. The highest BCUT2D eigenvalue weighted by Gasteiger charge is 2.22. The number of hydrogen-bond acceptors (Lipinski definition) is 3. The highest BCUT2D eigenvalue weighted by molar-refractivity contribution is 5.95. The van der Waals surface area contributed by atoms with Gasteiger partial charge < -0.3 is 9.72 Å². The van der Waals surface area contributed by atoms with Crippen LogP contribution in [0.3, 0.4) is 0 Å². The molecule has 0 saturated heterocycles. The van der Waals surface area contributed by atoms with Crippen LogP contribution in [0.25, 0.3) is 0 Å². The fraction of sp³-hybridized carbons (Fsp3) is 0.571. The van der Waals surface area contributed by atoms with E-state index in [1.807, 2.05) is 6.92 Å². The molecule has 0 aliphatic carbocycles. The lowest BCUT2D eigenvalue weighted by Crippen LogP contribution is -2.09. The van der Waals surface area contributed by atoms with Gasteiger partial charge in [-0.2, -0.15) is 0 Å². The lowest BCUT2D eigenvalue weighted by atomic mass is 10.0. The average molecular weight is 251 g/mol. The molecule has 0 atom stereocenters. The van der Waals surface area contributed by atoms with Crippen LogP contribution < -0.4 is 0 Å². The van der Waals surface area contributed by atoms with E-state index in [0.29, 0.717) is 24.3 Å². The van der Waals surface area contributed by atoms with Crippen molar-refractivity contribution in [2.45, 2.75) is 46.5 Å². The minimum Gasteiger partial charge on any atom is -0.462 e. The van der Waals surface area contributed by atoms with Gasteiger partial charge >= 0.3 is 5.97 Å². The van der Waals surface area contributed by atoms with E-state index in [1.165, 1.54) is 0 Å². The Balaban J connectivity index is 3.19. The number of esters is 1. The Morgan fingerprint density at radius 1 is 1.33 bits per heavy atom. The van der Waals surface area contributed by atoms with Gasteiger partial charge in [0.2, 0.25) is 0 Å². The number of hydrogen-bond donors (Lipinski definition) is 1. The van der Waals surface area contributed by atoms with Crippen molar-refractivity contribution < 1.29 is 14.3 Å². The number of aldehydes is 1. The normalized spacial score (nSPS) is 10.4. The summed E-state index contributed by atoms with van der Waals surface area (Å²) < 4.78 is 5.07. The number of aryl methyl sites for hydroxylation is 1. The summed E-state index contributed by atoms with van der Waals surface area (Å²) in [6.45, 7) is 6.16. The molecule has 0 radical (unpaired) electrons. The number of H-pyrrole nitrogens is 1. The van der Waals surface area contributed by atoms with Gasteiger partial charge in [0.25, 0.3) is 0 Å². The van der Waals surface area contributed by atoms with Gasteiger partial charge in [-0.15, -0.1) is 0 Å². The Bertz CT molecular complexity index is 421. The zero-order valence-electron chi connectivity index (χ0n) is 11.3. The van der Waals surface area contributed by atoms with Crippen molar-refractivity contribution in [3.8, 4) is 0 Å². The topological polar surface area (TPSA) is 59.2 Å². The van der Waals surface area contributed by atoms with E-state index >= 15 is 0 Å². The molecule has 1 aromatic rings. The number of aromatic amines is 1. The van der Waals surface area contributed by atoms with Crippen molar-refractivity contribution in [1.82, 2.24) is 4.98 Å². The minimum atomic E-state index is -0.329. The minimum absolute atomic E-state index is 0.329. The lowest BCUT2D eigenvalue weighted by molar-refractivity contribution is 0.0524. The largest absolute Gasteiger partial charge is 0.462 e. The summed E-state index contributed by atoms with van der Waals surface area (Å²) in [5, 5.41) is 0. The van der Waals surface area contributed by atoms with Gasteiger partial charge in [0.1, 0.15) is 0 Å². The predicted octanol–water partition coefficient (Wildman–Crippen LogP) is 2.91. The van der Waals surface area contributed by atoms with Crippen LogP contribution in [0.2, 0.25) is 0 Å². The Labute approximate surface area is 108 Å². The van der Waals surface area contributed by atoms with Gasteiger partial charge in [-0.3, -0.25) is 4.79 Å². The molecule has 0 spiro atoms. The summed E-state index contributed by atoms with van der Waals surface area (Å²) >= 11 is 0. The van der Waals surface area contributed by atoms with Crippen LogP contribution in [0.4, 0.5) is 0 Å². The van der Waals surface area contributed by atoms with Crippen molar-refractivity contribution in [2.24, 2.45) is 0 Å². The number of aromatic nitrogens is 1. The highest BCUT2D eigenvalue weighted by Crippen LogP contribution is 2.22. The third-order valence-electron chi connectivity index (χ3n) is 2.95. The monoisotopic (exact) mass is 251 g/mol. The van der Waals surface area contributed by atoms with Crippen LogP contribution in [-0.4, -0.2) is 23.8 Å². The van der Waals surface area contributed by atoms with Crippen LogP contribution in [0, 0.1) is 0 Å². The first-order valence-electron chi connectivity index (χ1n) is 6.55. The van der Waals surface area contributed by atoms with E-state index < -0.39 is 0 Å². The number of carbonyl (C=O) groups is 2. The van der Waals surface area contributed by atoms with E-state index in [2.05, 4.69) is 11.9 Å². The fourth-order valence-electron chi connectivity index (χ4n) is 2.05. The third-order valence-corrected chi connectivity index (χ3v) is 2.95. The van der Waals surface area contributed by atoms with Crippen molar-refractivity contribution in [3.05, 3.63) is 22.5 Å². The molecule has 0 unspecified atom stereocenters. The molecule has 1 rings (SSSR count). The summed E-state index contributed by atoms with van der Waals surface area (Å²) in [5.74, 6) is -0.329. The van der Waals surface area contributed by atoms with Gasteiger partial charge in [-0.1, -0.05) is 20.3 Å². The Hall–Kier alpha value is -1.58. The maximum Gasteiger partial charge on any atom is 0.340 e. The molecule has 0 amide bonds. The maximum atomic E-state index is 12.0. The van der Waals surface area contributed by atoms with Gasteiger partial charge in [0, 0.05) is 5.69 Å². The van der Waals surface area contributed by atoms with Gasteiger partial charge in [-0.05, 0) is 31.7 Å². The molecule has 0 bridgehead atoms. The maximum absolute atomic E-state index is 12.0. The van der Waals surface area contributed by atoms with Crippen LogP contribution in [0.5, 0.6) is 0 Å². The van der Waals surface area contributed by atoms with Gasteiger partial charge in [0.05, 0.1) is 17.9 Å². The summed E-state index contributed by atoms with van der Waals surface area (Å²) in [4.78, 5) is 26.1. The van der Waals surface area contributed by atoms with E-state index in [9.17, 15) is 9.59 Å². The van der Waals surface area contributed by atoms with E-state index in [-0.39, 0.29) is 5.97 Å². The molecular weight excluding hydrogens is 230 g/mol. The van der Waals surface area contributed by atoms with E-state index in [1.54, 1.807) is 6.92 Å².